The summed E-state index contributed by atoms with van der Waals surface area (Å²) < 4.78 is 0. The van der Waals surface area contributed by atoms with Gasteiger partial charge >= 0.3 is 0 Å². The monoisotopic (exact) mass is 220 g/mol. The number of nitrogens with two attached hydrogens (primary N) is 1. The Kier molecular flexibility index (Phi) is 3.41. The van der Waals surface area contributed by atoms with Crippen LogP contribution in [-0.4, -0.2) is 42.6 Å². The molecule has 1 saturated heterocycles. The van der Waals surface area contributed by atoms with Crippen LogP contribution in [0.25, 0.3) is 0 Å². The van der Waals surface area contributed by atoms with Crippen molar-refractivity contribution in [3.8, 4) is 0 Å². The predicted molar refractivity (Wildman–Crippen MR) is 66.4 cm³/mol. The molecule has 0 saturated carbocycles. The van der Waals surface area contributed by atoms with Crippen molar-refractivity contribution in [3.63, 3.8) is 0 Å². The van der Waals surface area contributed by atoms with E-state index in [1.165, 1.54) is 5.69 Å². The van der Waals surface area contributed by atoms with Gasteiger partial charge in [-0.3, -0.25) is 4.98 Å². The number of piperazine rings is 1. The zero-order chi connectivity index (χ0) is 11.5. The van der Waals surface area contributed by atoms with Gasteiger partial charge in [-0.25, -0.2) is 0 Å². The third-order valence-corrected chi connectivity index (χ3v) is 3.40. The number of hydrogen-bond acceptors (Lipinski definition) is 4. The molecule has 1 fully saturated rings. The molecule has 0 amide bonds. The van der Waals surface area contributed by atoms with E-state index in [9.17, 15) is 0 Å². The van der Waals surface area contributed by atoms with Crippen molar-refractivity contribution < 1.29 is 0 Å². The summed E-state index contributed by atoms with van der Waals surface area (Å²) in [4.78, 5) is 8.93. The Morgan fingerprint density at radius 1 is 1.50 bits per heavy atom. The summed E-state index contributed by atoms with van der Waals surface area (Å²) in [5, 5.41) is 0. The summed E-state index contributed by atoms with van der Waals surface area (Å²) in [6.45, 7) is 6.05. The molecule has 2 heterocycles. The number of hydrogen-bond donors (Lipinski definition) is 1. The molecule has 1 aliphatic heterocycles. The molecule has 88 valence electrons. The first-order valence-electron chi connectivity index (χ1n) is 5.80. The highest BCUT2D eigenvalue weighted by Gasteiger charge is 2.21. The zero-order valence-corrected chi connectivity index (χ0v) is 10.1. The number of nitrogens with zero attached hydrogens (tertiary/aromatic N) is 3. The predicted octanol–water partition coefficient (Wildman–Crippen LogP) is 0.681. The Hall–Kier alpha value is -1.13. The molecule has 0 bridgehead atoms. The molecule has 4 nitrogen and oxygen atoms in total. The second-order valence-electron chi connectivity index (χ2n) is 4.48. The summed E-state index contributed by atoms with van der Waals surface area (Å²) in [6, 6.07) is 2.66. The van der Waals surface area contributed by atoms with Crippen molar-refractivity contribution in [3.05, 3.63) is 24.0 Å². The van der Waals surface area contributed by atoms with Gasteiger partial charge in [-0.1, -0.05) is 0 Å². The van der Waals surface area contributed by atoms with Crippen molar-refractivity contribution in [2.75, 3.05) is 31.6 Å². The summed E-state index contributed by atoms with van der Waals surface area (Å²) in [6.07, 6.45) is 3.72. The van der Waals surface area contributed by atoms with E-state index in [-0.39, 0.29) is 0 Å². The Morgan fingerprint density at radius 2 is 2.31 bits per heavy atom. The highest BCUT2D eigenvalue weighted by molar-refractivity contribution is 5.52. The second kappa shape index (κ2) is 4.80. The Balaban J connectivity index is 2.18. The van der Waals surface area contributed by atoms with Crippen LogP contribution in [0.3, 0.4) is 0 Å². The van der Waals surface area contributed by atoms with E-state index in [1.54, 1.807) is 0 Å². The van der Waals surface area contributed by atoms with Crippen molar-refractivity contribution >= 4 is 5.69 Å². The fourth-order valence-electron chi connectivity index (χ4n) is 2.15. The molecule has 16 heavy (non-hydrogen) atoms. The molecule has 0 spiro atoms. The highest BCUT2D eigenvalue weighted by Crippen LogP contribution is 2.21. The van der Waals surface area contributed by atoms with Crippen molar-refractivity contribution in [1.82, 2.24) is 9.88 Å². The van der Waals surface area contributed by atoms with Crippen LogP contribution in [0.2, 0.25) is 0 Å². The highest BCUT2D eigenvalue weighted by atomic mass is 15.3. The molecular formula is C12H20N4. The number of likely N-dealkylation sites (N-methyl/N-ethyl adjacent to an activating group) is 1. The van der Waals surface area contributed by atoms with Crippen LogP contribution in [0.15, 0.2) is 18.5 Å². The number of anilines is 1. The van der Waals surface area contributed by atoms with Crippen LogP contribution in [0.5, 0.6) is 0 Å². The molecule has 0 radical (unpaired) electrons. The summed E-state index contributed by atoms with van der Waals surface area (Å²) >= 11 is 0. The third-order valence-electron chi connectivity index (χ3n) is 3.40. The molecule has 4 heteroatoms. The van der Waals surface area contributed by atoms with Gasteiger partial charge in [-0.05, 0) is 20.0 Å². The second-order valence-corrected chi connectivity index (χ2v) is 4.48. The Labute approximate surface area is 97.1 Å². The molecule has 1 aromatic heterocycles. The smallest absolute Gasteiger partial charge is 0.0443 e. The average Bonchev–Trinajstić information content (AvgIpc) is 2.32. The molecule has 0 aromatic carbocycles. The number of aromatic nitrogens is 1. The van der Waals surface area contributed by atoms with Crippen molar-refractivity contribution in [2.24, 2.45) is 5.73 Å². The molecule has 2 rings (SSSR count). The van der Waals surface area contributed by atoms with Gasteiger partial charge in [0.2, 0.25) is 0 Å². The van der Waals surface area contributed by atoms with Crippen LogP contribution in [-0.2, 0) is 6.54 Å². The van der Waals surface area contributed by atoms with E-state index in [4.69, 9.17) is 5.73 Å². The van der Waals surface area contributed by atoms with Crippen LogP contribution in [0, 0.1) is 0 Å². The molecule has 1 aromatic rings. The maximum absolute atomic E-state index is 5.74. The van der Waals surface area contributed by atoms with Crippen LogP contribution < -0.4 is 10.6 Å². The lowest BCUT2D eigenvalue weighted by atomic mass is 10.1. The van der Waals surface area contributed by atoms with Gasteiger partial charge in [-0.2, -0.15) is 0 Å². The van der Waals surface area contributed by atoms with E-state index in [0.29, 0.717) is 12.6 Å². The fourth-order valence-corrected chi connectivity index (χ4v) is 2.15. The largest absolute Gasteiger partial charge is 0.368 e. The van der Waals surface area contributed by atoms with E-state index in [2.05, 4.69) is 34.8 Å². The normalized spacial score (nSPS) is 22.4. The summed E-state index contributed by atoms with van der Waals surface area (Å²) in [7, 11) is 2.18. The third kappa shape index (κ3) is 2.18. The van der Waals surface area contributed by atoms with Crippen molar-refractivity contribution in [1.29, 1.82) is 0 Å². The van der Waals surface area contributed by atoms with Crippen LogP contribution >= 0.6 is 0 Å². The number of rotatable bonds is 2. The Bertz CT molecular complexity index is 353. The van der Waals surface area contributed by atoms with Gasteiger partial charge in [0.05, 0.1) is 0 Å². The van der Waals surface area contributed by atoms with E-state index >= 15 is 0 Å². The van der Waals surface area contributed by atoms with E-state index in [1.807, 2.05) is 12.4 Å². The van der Waals surface area contributed by atoms with E-state index < -0.39 is 0 Å². The molecular weight excluding hydrogens is 200 g/mol. The maximum atomic E-state index is 5.74. The van der Waals surface area contributed by atoms with Gasteiger partial charge in [0.1, 0.15) is 0 Å². The minimum Gasteiger partial charge on any atom is -0.368 e. The molecule has 2 N–H and O–H groups in total. The SMILES string of the molecule is CC1CN(c2ccncc2CN)CCN1C. The van der Waals surface area contributed by atoms with Gasteiger partial charge in [0, 0.05) is 55.9 Å². The lowest BCUT2D eigenvalue weighted by Crippen LogP contribution is -2.50. The average molecular weight is 220 g/mol. The first-order valence-corrected chi connectivity index (χ1v) is 5.80. The lowest BCUT2D eigenvalue weighted by molar-refractivity contribution is 0.234. The van der Waals surface area contributed by atoms with Crippen molar-refractivity contribution in [2.45, 2.75) is 19.5 Å². The summed E-state index contributed by atoms with van der Waals surface area (Å²) in [5.74, 6) is 0. The fraction of sp³-hybridized carbons (Fsp3) is 0.583. The first kappa shape index (κ1) is 11.4. The van der Waals surface area contributed by atoms with Gasteiger partial charge in [0.25, 0.3) is 0 Å². The number of pyridine rings is 1. The quantitative estimate of drug-likeness (QED) is 0.796. The minimum absolute atomic E-state index is 0.559. The first-order chi connectivity index (χ1) is 7.72. The van der Waals surface area contributed by atoms with E-state index in [0.717, 1.165) is 25.2 Å². The Morgan fingerprint density at radius 3 is 3.00 bits per heavy atom. The van der Waals surface area contributed by atoms with Crippen LogP contribution in [0.4, 0.5) is 5.69 Å². The zero-order valence-electron chi connectivity index (χ0n) is 10.1. The molecule has 0 aliphatic carbocycles. The van der Waals surface area contributed by atoms with Gasteiger partial charge in [0.15, 0.2) is 0 Å². The van der Waals surface area contributed by atoms with Crippen LogP contribution in [0.1, 0.15) is 12.5 Å². The molecule has 1 unspecified atom stereocenters. The summed E-state index contributed by atoms with van der Waals surface area (Å²) in [5.41, 5.74) is 8.13. The maximum Gasteiger partial charge on any atom is 0.0443 e. The van der Waals surface area contributed by atoms with Gasteiger partial charge < -0.3 is 15.5 Å². The molecule has 1 atom stereocenters. The lowest BCUT2D eigenvalue weighted by Gasteiger charge is -2.39. The van der Waals surface area contributed by atoms with Gasteiger partial charge in [-0.15, -0.1) is 0 Å². The minimum atomic E-state index is 0.559. The standard InChI is InChI=1S/C12H20N4/c1-10-9-16(6-5-15(10)2)12-3-4-14-8-11(12)7-13/h3-4,8,10H,5-7,9,13H2,1-2H3. The molecule has 1 aliphatic rings. The topological polar surface area (TPSA) is 45.4 Å².